The van der Waals surface area contributed by atoms with E-state index in [-0.39, 0.29) is 49.1 Å². The normalized spacial score (nSPS) is 21.4. The van der Waals surface area contributed by atoms with Crippen molar-refractivity contribution in [3.63, 3.8) is 0 Å². The first kappa shape index (κ1) is 37.3. The summed E-state index contributed by atoms with van der Waals surface area (Å²) >= 11 is 6.22. The van der Waals surface area contributed by atoms with Gasteiger partial charge in [-0.2, -0.15) is 0 Å². The number of benzene rings is 2. The molecule has 2 aliphatic heterocycles. The van der Waals surface area contributed by atoms with Crippen LogP contribution in [-0.2, 0) is 34.0 Å². The highest BCUT2D eigenvalue weighted by Crippen LogP contribution is 2.39. The number of nitrogens with zero attached hydrogens (tertiary/aromatic N) is 2. The third-order valence-electron chi connectivity index (χ3n) is 9.24. The molecule has 1 saturated carbocycles. The van der Waals surface area contributed by atoms with Gasteiger partial charge in [-0.1, -0.05) is 56.1 Å². The number of ether oxygens (including phenoxy) is 1. The van der Waals surface area contributed by atoms with Crippen molar-refractivity contribution in [2.24, 2.45) is 11.1 Å². The molecule has 2 aromatic rings. The number of Topliss-reactive ketones (excluding diaryl/α,β-unsaturated/α-hetero) is 1. The number of ketones is 1. The third-order valence-corrected chi connectivity index (χ3v) is 11.0. The molecule has 0 radical (unpaired) electrons. The fourth-order valence-electron chi connectivity index (χ4n) is 6.19. The maximum atomic E-state index is 14.2. The Bertz CT molecular complexity index is 1750. The summed E-state index contributed by atoms with van der Waals surface area (Å²) in [5.74, 6) is -2.38. The van der Waals surface area contributed by atoms with E-state index in [0.717, 1.165) is 18.4 Å². The van der Waals surface area contributed by atoms with Crippen LogP contribution < -0.4 is 20.1 Å². The number of sulfonamides is 1. The molecule has 3 amide bonds. The highest BCUT2D eigenvalue weighted by atomic mass is 35.5. The van der Waals surface area contributed by atoms with Crippen molar-refractivity contribution in [1.29, 1.82) is 0 Å². The minimum atomic E-state index is -4.02. The summed E-state index contributed by atoms with van der Waals surface area (Å²) in [4.78, 5) is 61.3. The summed E-state index contributed by atoms with van der Waals surface area (Å²) in [5, 5.41) is 10.3. The highest BCUT2D eigenvalue weighted by molar-refractivity contribution is 7.89. The van der Waals surface area contributed by atoms with Crippen LogP contribution in [0.5, 0.6) is 5.75 Å². The number of oxime groups is 1. The second-order valence-electron chi connectivity index (χ2n) is 13.6. The van der Waals surface area contributed by atoms with Gasteiger partial charge in [-0.05, 0) is 61.6 Å². The standard InChI is InChI=1S/C35H44ClN5O8S/c1-5-7-27(32(43)34(45)37-24-10-11-24)38-33(44)30-19-35(18-29(39-49-35)22-8-6-9-23(36)16-22)20-41(30)31(42)17-28(21(2)3)40-50(46,47)26-14-12-25(48-4)13-15-26/h6,8-9,12-16,21,24,27-28,30,40H,5,7,10-11,17-20H2,1-4H3,(H,37,45)(H,38,44)/t27-,28?,30-,35+/m0/s1. The molecular weight excluding hydrogens is 686 g/mol. The summed E-state index contributed by atoms with van der Waals surface area (Å²) in [6, 6.07) is 9.99. The molecule has 0 bridgehead atoms. The van der Waals surface area contributed by atoms with Crippen molar-refractivity contribution in [2.45, 2.75) is 100 Å². The van der Waals surface area contributed by atoms with E-state index in [1.165, 1.54) is 36.3 Å². The first-order valence-electron chi connectivity index (χ1n) is 16.9. The van der Waals surface area contributed by atoms with E-state index in [0.29, 0.717) is 22.9 Å². The number of nitrogens with one attached hydrogen (secondary N) is 3. The van der Waals surface area contributed by atoms with Crippen molar-refractivity contribution < 1.29 is 37.2 Å². The monoisotopic (exact) mass is 729 g/mol. The molecule has 15 heteroatoms. The van der Waals surface area contributed by atoms with E-state index in [2.05, 4.69) is 20.5 Å². The topological polar surface area (TPSA) is 173 Å². The molecule has 2 fully saturated rings. The van der Waals surface area contributed by atoms with Gasteiger partial charge in [0.2, 0.25) is 27.6 Å². The Kier molecular flexibility index (Phi) is 11.5. The number of amides is 3. The van der Waals surface area contributed by atoms with Crippen molar-refractivity contribution in [3.05, 3.63) is 59.1 Å². The first-order valence-corrected chi connectivity index (χ1v) is 18.7. The van der Waals surface area contributed by atoms with Crippen LogP contribution in [0, 0.1) is 5.92 Å². The molecule has 1 unspecified atom stereocenters. The predicted molar refractivity (Wildman–Crippen MR) is 186 cm³/mol. The SMILES string of the molecule is CCC[C@H](NC(=O)[C@@H]1C[C@]2(CC(c3cccc(Cl)c3)=NO2)CN1C(=O)CC(NS(=O)(=O)c1ccc(OC)cc1)C(C)C)C(=O)C(=O)NC1CC1. The van der Waals surface area contributed by atoms with Gasteiger partial charge in [-0.3, -0.25) is 19.2 Å². The van der Waals surface area contributed by atoms with E-state index in [9.17, 15) is 27.6 Å². The summed E-state index contributed by atoms with van der Waals surface area (Å²) < 4.78 is 34.5. The lowest BCUT2D eigenvalue weighted by Crippen LogP contribution is -2.54. The van der Waals surface area contributed by atoms with Crippen molar-refractivity contribution in [2.75, 3.05) is 13.7 Å². The van der Waals surface area contributed by atoms with E-state index in [1.54, 1.807) is 32.0 Å². The Labute approximate surface area is 297 Å². The lowest BCUT2D eigenvalue weighted by Gasteiger charge is -2.29. The van der Waals surface area contributed by atoms with E-state index < -0.39 is 57.3 Å². The smallest absolute Gasteiger partial charge is 0.289 e. The first-order chi connectivity index (χ1) is 23.7. The van der Waals surface area contributed by atoms with Gasteiger partial charge in [0.1, 0.15) is 11.8 Å². The van der Waals surface area contributed by atoms with Gasteiger partial charge in [0, 0.05) is 41.9 Å². The minimum Gasteiger partial charge on any atom is -0.497 e. The van der Waals surface area contributed by atoms with Crippen molar-refractivity contribution in [1.82, 2.24) is 20.3 Å². The van der Waals surface area contributed by atoms with Gasteiger partial charge in [0.15, 0.2) is 5.60 Å². The summed E-state index contributed by atoms with van der Waals surface area (Å²) in [5.41, 5.74) is 0.283. The number of halogens is 1. The largest absolute Gasteiger partial charge is 0.497 e. The van der Waals surface area contributed by atoms with Crippen LogP contribution in [0.25, 0.3) is 0 Å². The van der Waals surface area contributed by atoms with E-state index >= 15 is 0 Å². The third kappa shape index (κ3) is 8.82. The molecule has 4 atom stereocenters. The highest BCUT2D eigenvalue weighted by Gasteiger charge is 2.54. The Morgan fingerprint density at radius 1 is 1.12 bits per heavy atom. The summed E-state index contributed by atoms with van der Waals surface area (Å²) in [6.07, 6.45) is 2.44. The Morgan fingerprint density at radius 3 is 2.46 bits per heavy atom. The lowest BCUT2D eigenvalue weighted by molar-refractivity contribution is -0.142. The molecule has 2 heterocycles. The van der Waals surface area contributed by atoms with Crippen LogP contribution >= 0.6 is 11.6 Å². The number of hydrogen-bond donors (Lipinski definition) is 3. The predicted octanol–water partition coefficient (Wildman–Crippen LogP) is 3.34. The molecule has 5 rings (SSSR count). The second-order valence-corrected chi connectivity index (χ2v) is 15.7. The molecule has 1 spiro atoms. The fraction of sp³-hybridized carbons (Fsp3) is 0.514. The fourth-order valence-corrected chi connectivity index (χ4v) is 7.77. The Hall–Kier alpha value is -4.01. The quantitative estimate of drug-likeness (QED) is 0.234. The second kappa shape index (κ2) is 15.5. The molecule has 1 aliphatic carbocycles. The van der Waals surface area contributed by atoms with Crippen LogP contribution in [0.1, 0.15) is 71.3 Å². The maximum Gasteiger partial charge on any atom is 0.289 e. The van der Waals surface area contributed by atoms with Crippen molar-refractivity contribution >= 4 is 50.8 Å². The number of rotatable bonds is 15. The molecule has 1 saturated heterocycles. The van der Waals surface area contributed by atoms with Gasteiger partial charge in [0.05, 0.1) is 30.3 Å². The van der Waals surface area contributed by atoms with E-state index in [4.69, 9.17) is 21.2 Å². The molecule has 0 aromatic heterocycles. The van der Waals surface area contributed by atoms with Crippen LogP contribution in [0.4, 0.5) is 0 Å². The molecule has 2 aromatic carbocycles. The van der Waals surface area contributed by atoms with Gasteiger partial charge < -0.3 is 25.1 Å². The Balaban J connectivity index is 1.37. The summed E-state index contributed by atoms with van der Waals surface area (Å²) in [6.45, 7) is 5.42. The number of carbonyl (C=O) groups is 4. The number of hydrogen-bond acceptors (Lipinski definition) is 9. The molecule has 270 valence electrons. The number of likely N-dealkylation sites (tertiary alicyclic amines) is 1. The zero-order valence-electron chi connectivity index (χ0n) is 28.6. The average Bonchev–Trinajstić information content (AvgIpc) is 3.68. The minimum absolute atomic E-state index is 0.0104. The number of carbonyl (C=O) groups excluding carboxylic acids is 4. The molecular formula is C35H44ClN5O8S. The van der Waals surface area contributed by atoms with Crippen LogP contribution in [0.2, 0.25) is 5.02 Å². The molecule has 13 nitrogen and oxygen atoms in total. The lowest BCUT2D eigenvalue weighted by atomic mass is 9.91. The van der Waals surface area contributed by atoms with Crippen molar-refractivity contribution in [3.8, 4) is 5.75 Å². The van der Waals surface area contributed by atoms with Gasteiger partial charge >= 0.3 is 0 Å². The summed E-state index contributed by atoms with van der Waals surface area (Å²) in [7, 11) is -2.54. The van der Waals surface area contributed by atoms with Crippen LogP contribution in [-0.4, -0.2) is 86.0 Å². The maximum absolute atomic E-state index is 14.2. The van der Waals surface area contributed by atoms with Crippen LogP contribution in [0.15, 0.2) is 58.6 Å². The average molecular weight is 730 g/mol. The molecule has 3 aliphatic rings. The number of methoxy groups -OCH3 is 1. The molecule has 50 heavy (non-hydrogen) atoms. The van der Waals surface area contributed by atoms with Gasteiger partial charge in [0.25, 0.3) is 5.91 Å². The Morgan fingerprint density at radius 2 is 1.84 bits per heavy atom. The molecule has 3 N–H and O–H groups in total. The van der Waals surface area contributed by atoms with Gasteiger partial charge in [-0.25, -0.2) is 13.1 Å². The van der Waals surface area contributed by atoms with E-state index in [1.807, 2.05) is 13.0 Å². The zero-order valence-corrected chi connectivity index (χ0v) is 30.2. The van der Waals surface area contributed by atoms with Gasteiger partial charge in [-0.15, -0.1) is 0 Å². The van der Waals surface area contributed by atoms with Crippen LogP contribution in [0.3, 0.4) is 0 Å². The zero-order chi connectivity index (χ0) is 36.2.